The Morgan fingerprint density at radius 2 is 1.58 bits per heavy atom. The van der Waals surface area contributed by atoms with Crippen molar-refractivity contribution in [1.82, 2.24) is 14.0 Å². The van der Waals surface area contributed by atoms with E-state index in [2.05, 4.69) is 79.8 Å². The molecule has 4 atom stereocenters. The standard InChI is InChI=1S/C28H54N3O5Si2/c1-27(2,3)37(9,10)34-20-21-23(36-38(11,12)28(4,5)6)24(33-8)25(35-21)30-17-16-22(29-26(30)32)31(7)18-14-13-15-19-31/h16-17,21,23-25H,13-15,18-20H2,1-12H3/q+1/t21-,23-,24-,25?/m1/s1. The zero-order valence-electron chi connectivity index (χ0n) is 26.1. The maximum atomic E-state index is 13.4. The lowest BCUT2D eigenvalue weighted by Gasteiger charge is -2.41. The van der Waals surface area contributed by atoms with Crippen molar-refractivity contribution >= 4 is 22.5 Å². The molecule has 0 bridgehead atoms. The smallest absolute Gasteiger partial charge is 0.354 e. The van der Waals surface area contributed by atoms with E-state index in [1.54, 1.807) is 11.7 Å². The van der Waals surface area contributed by atoms with Crippen LogP contribution < -0.4 is 10.2 Å². The zero-order chi connectivity index (χ0) is 28.7. The molecule has 2 fully saturated rings. The molecule has 0 saturated carbocycles. The van der Waals surface area contributed by atoms with Gasteiger partial charge < -0.3 is 18.3 Å². The molecular formula is C28H54N3O5Si2+. The minimum absolute atomic E-state index is 0.0155. The third-order valence-electron chi connectivity index (χ3n) is 9.66. The molecule has 2 saturated heterocycles. The predicted molar refractivity (Wildman–Crippen MR) is 160 cm³/mol. The molecule has 218 valence electrons. The number of likely N-dealkylation sites (tertiary alicyclic amines) is 1. The van der Waals surface area contributed by atoms with Gasteiger partial charge in [0.05, 0.1) is 26.7 Å². The van der Waals surface area contributed by atoms with Crippen LogP contribution in [0.5, 0.6) is 0 Å². The van der Waals surface area contributed by atoms with Crippen molar-refractivity contribution in [3.05, 3.63) is 22.7 Å². The van der Waals surface area contributed by atoms with Gasteiger partial charge in [-0.1, -0.05) is 41.5 Å². The van der Waals surface area contributed by atoms with Gasteiger partial charge in [-0.2, -0.15) is 0 Å². The number of nitrogens with zero attached hydrogens (tertiary/aromatic N) is 3. The quantitative estimate of drug-likeness (QED) is 0.296. The monoisotopic (exact) mass is 568 g/mol. The van der Waals surface area contributed by atoms with Gasteiger partial charge in [-0.05, 0) is 55.5 Å². The van der Waals surface area contributed by atoms with Crippen molar-refractivity contribution in [2.45, 2.75) is 122 Å². The number of methoxy groups -OCH3 is 1. The summed E-state index contributed by atoms with van der Waals surface area (Å²) in [5.41, 5.74) is -0.309. The molecule has 0 aliphatic carbocycles. The highest BCUT2D eigenvalue weighted by atomic mass is 28.4. The van der Waals surface area contributed by atoms with Crippen molar-refractivity contribution in [2.24, 2.45) is 0 Å². The molecule has 3 rings (SSSR count). The van der Waals surface area contributed by atoms with Gasteiger partial charge in [0.15, 0.2) is 22.9 Å². The largest absolute Gasteiger partial charge is 0.414 e. The first-order valence-corrected chi connectivity index (χ1v) is 20.1. The first kappa shape index (κ1) is 31.6. The van der Waals surface area contributed by atoms with E-state index in [4.69, 9.17) is 18.3 Å². The molecule has 0 spiro atoms. The van der Waals surface area contributed by atoms with Crippen LogP contribution in [0.3, 0.4) is 0 Å². The van der Waals surface area contributed by atoms with Crippen molar-refractivity contribution in [2.75, 3.05) is 33.9 Å². The molecule has 1 aromatic heterocycles. The van der Waals surface area contributed by atoms with Crippen LogP contribution in [0.1, 0.15) is 67.0 Å². The fraction of sp³-hybridized carbons (Fsp3) is 0.857. The minimum Gasteiger partial charge on any atom is -0.414 e. The maximum Gasteiger partial charge on any atom is 0.354 e. The summed E-state index contributed by atoms with van der Waals surface area (Å²) >= 11 is 0. The van der Waals surface area contributed by atoms with Gasteiger partial charge in [-0.15, -0.1) is 4.98 Å². The lowest BCUT2D eigenvalue weighted by Crippen LogP contribution is -2.51. The molecule has 0 N–H and O–H groups in total. The van der Waals surface area contributed by atoms with Gasteiger partial charge in [-0.3, -0.25) is 9.05 Å². The van der Waals surface area contributed by atoms with Crippen molar-refractivity contribution in [3.8, 4) is 0 Å². The van der Waals surface area contributed by atoms with Crippen LogP contribution in [0.4, 0.5) is 5.82 Å². The lowest BCUT2D eigenvalue weighted by molar-refractivity contribution is -0.0613. The first-order valence-electron chi connectivity index (χ1n) is 14.3. The van der Waals surface area contributed by atoms with Gasteiger partial charge in [0.2, 0.25) is 5.82 Å². The SMILES string of the molecule is CO[C@H]1C(n2ccc([N+]3(C)CCCCC3)nc2=O)O[C@H](CO[Si](C)(C)C(C)(C)C)[C@H]1O[Si](C)(C)C(C)(C)C. The van der Waals surface area contributed by atoms with Gasteiger partial charge in [0.1, 0.15) is 18.3 Å². The van der Waals surface area contributed by atoms with Gasteiger partial charge in [0.25, 0.3) is 0 Å². The molecule has 38 heavy (non-hydrogen) atoms. The fourth-order valence-corrected chi connectivity index (χ4v) is 7.15. The summed E-state index contributed by atoms with van der Waals surface area (Å²) in [6.07, 6.45) is 3.58. The van der Waals surface area contributed by atoms with Gasteiger partial charge in [0, 0.05) is 19.4 Å². The lowest BCUT2D eigenvalue weighted by atomic mass is 10.1. The van der Waals surface area contributed by atoms with Crippen LogP contribution in [0, 0.1) is 0 Å². The van der Waals surface area contributed by atoms with Crippen LogP contribution in [-0.4, -0.2) is 78.4 Å². The van der Waals surface area contributed by atoms with E-state index in [9.17, 15) is 4.79 Å². The molecule has 10 heteroatoms. The number of hydrogen-bond acceptors (Lipinski definition) is 6. The minimum atomic E-state index is -2.18. The predicted octanol–water partition coefficient (Wildman–Crippen LogP) is 5.69. The number of piperidine rings is 1. The van der Waals surface area contributed by atoms with E-state index in [0.29, 0.717) is 11.1 Å². The second-order valence-electron chi connectivity index (χ2n) is 14.6. The Kier molecular flexibility index (Phi) is 9.31. The fourth-order valence-electron chi connectivity index (χ4n) is 4.82. The second kappa shape index (κ2) is 11.2. The summed E-state index contributed by atoms with van der Waals surface area (Å²) in [6, 6.07) is 1.98. The maximum absolute atomic E-state index is 13.4. The average Bonchev–Trinajstić information content (AvgIpc) is 3.13. The normalized spacial score (nSPS) is 27.1. The van der Waals surface area contributed by atoms with Crippen LogP contribution >= 0.6 is 0 Å². The summed E-state index contributed by atoms with van der Waals surface area (Å²) in [5.74, 6) is 0.824. The van der Waals surface area contributed by atoms with Gasteiger partial charge >= 0.3 is 5.69 Å². The van der Waals surface area contributed by atoms with Crippen LogP contribution in [0.2, 0.25) is 36.3 Å². The van der Waals surface area contributed by atoms with Crippen molar-refractivity contribution < 1.29 is 18.3 Å². The molecule has 8 nitrogen and oxygen atoms in total. The summed E-state index contributed by atoms with van der Waals surface area (Å²) in [6.45, 7) is 24.8. The summed E-state index contributed by atoms with van der Waals surface area (Å²) in [5, 5.41) is 0.0905. The molecular weight excluding hydrogens is 514 g/mol. The molecule has 0 amide bonds. The molecule has 3 heterocycles. The zero-order valence-corrected chi connectivity index (χ0v) is 28.1. The van der Waals surface area contributed by atoms with E-state index < -0.39 is 29.0 Å². The van der Waals surface area contributed by atoms with E-state index in [1.165, 1.54) is 6.42 Å². The number of hydrogen-bond donors (Lipinski definition) is 0. The molecule has 0 aromatic carbocycles. The third-order valence-corrected chi connectivity index (χ3v) is 18.6. The molecule has 0 radical (unpaired) electrons. The average molecular weight is 569 g/mol. The van der Waals surface area contributed by atoms with Crippen molar-refractivity contribution in [1.29, 1.82) is 0 Å². The highest BCUT2D eigenvalue weighted by Gasteiger charge is 2.52. The Labute approximate surface area is 232 Å². The number of rotatable bonds is 8. The van der Waals surface area contributed by atoms with Crippen LogP contribution in [0.25, 0.3) is 0 Å². The Bertz CT molecular complexity index is 1010. The Morgan fingerprint density at radius 1 is 1.00 bits per heavy atom. The molecule has 2 aliphatic heterocycles. The topological polar surface area (TPSA) is 71.8 Å². The Balaban J connectivity index is 1.95. The molecule has 2 aliphatic rings. The van der Waals surface area contributed by atoms with Crippen LogP contribution in [-0.2, 0) is 18.3 Å². The Morgan fingerprint density at radius 3 is 2.08 bits per heavy atom. The van der Waals surface area contributed by atoms with E-state index in [-0.39, 0.29) is 28.0 Å². The second-order valence-corrected chi connectivity index (χ2v) is 24.1. The summed E-state index contributed by atoms with van der Waals surface area (Å²) < 4.78 is 28.5. The van der Waals surface area contributed by atoms with E-state index >= 15 is 0 Å². The number of aromatic nitrogens is 2. The highest BCUT2D eigenvalue weighted by molar-refractivity contribution is 6.74. The third kappa shape index (κ3) is 6.53. The summed E-state index contributed by atoms with van der Waals surface area (Å²) in [7, 11) is -0.355. The number of ether oxygens (including phenoxy) is 2. The molecule has 1 aromatic rings. The van der Waals surface area contributed by atoms with Crippen molar-refractivity contribution in [3.63, 3.8) is 0 Å². The van der Waals surface area contributed by atoms with Gasteiger partial charge in [-0.25, -0.2) is 4.79 Å². The number of quaternary nitrogens is 1. The van der Waals surface area contributed by atoms with Crippen LogP contribution in [0.15, 0.2) is 17.1 Å². The molecule has 1 unspecified atom stereocenters. The first-order chi connectivity index (χ1) is 17.3. The van der Waals surface area contributed by atoms with E-state index in [1.807, 2.05) is 12.3 Å². The highest BCUT2D eigenvalue weighted by Crippen LogP contribution is 2.43. The van der Waals surface area contributed by atoms with E-state index in [0.717, 1.165) is 31.7 Å². The summed E-state index contributed by atoms with van der Waals surface area (Å²) in [4.78, 5) is 18.0. The Hall–Kier alpha value is -0.886.